The first-order valence-electron chi connectivity index (χ1n) is 7.42. The summed E-state index contributed by atoms with van der Waals surface area (Å²) in [6, 6.07) is 5.77. The molecule has 1 unspecified atom stereocenters. The molecule has 0 aromatic heterocycles. The Morgan fingerprint density at radius 3 is 2.81 bits per heavy atom. The maximum Gasteiger partial charge on any atom is 0.251 e. The third kappa shape index (κ3) is 4.09. The van der Waals surface area contributed by atoms with E-state index in [1.54, 1.807) is 6.07 Å². The van der Waals surface area contributed by atoms with Gasteiger partial charge in [0, 0.05) is 17.2 Å². The van der Waals surface area contributed by atoms with Gasteiger partial charge in [0.05, 0.1) is 0 Å². The van der Waals surface area contributed by atoms with E-state index in [-0.39, 0.29) is 18.6 Å². The minimum atomic E-state index is -0.154. The summed E-state index contributed by atoms with van der Waals surface area (Å²) in [5, 5.41) is 11.9. The van der Waals surface area contributed by atoms with Crippen LogP contribution in [0.1, 0.15) is 54.6 Å². The Labute approximate surface area is 126 Å². The smallest absolute Gasteiger partial charge is 0.251 e. The van der Waals surface area contributed by atoms with Crippen LogP contribution in [-0.4, -0.2) is 23.7 Å². The Hall–Kier alpha value is -1.79. The highest BCUT2D eigenvalue weighted by Gasteiger charge is 2.31. The lowest BCUT2D eigenvalue weighted by Gasteiger charge is -2.18. The first-order valence-corrected chi connectivity index (χ1v) is 7.42. The molecule has 0 bridgehead atoms. The van der Waals surface area contributed by atoms with Crippen LogP contribution >= 0.6 is 0 Å². The van der Waals surface area contributed by atoms with Gasteiger partial charge in [-0.3, -0.25) is 4.79 Å². The molecule has 3 heteroatoms. The second kappa shape index (κ2) is 6.32. The molecule has 0 heterocycles. The number of rotatable bonds is 2. The molecule has 1 atom stereocenters. The van der Waals surface area contributed by atoms with Gasteiger partial charge in [0.15, 0.2) is 0 Å². The molecular weight excluding hydrogens is 262 g/mol. The van der Waals surface area contributed by atoms with E-state index in [0.717, 1.165) is 30.4 Å². The van der Waals surface area contributed by atoms with Crippen molar-refractivity contribution >= 4 is 5.91 Å². The van der Waals surface area contributed by atoms with E-state index in [1.165, 1.54) is 0 Å². The highest BCUT2D eigenvalue weighted by atomic mass is 16.2. The molecule has 3 nitrogen and oxygen atoms in total. The van der Waals surface area contributed by atoms with E-state index in [0.29, 0.717) is 11.0 Å². The molecule has 2 rings (SSSR count). The Morgan fingerprint density at radius 2 is 2.24 bits per heavy atom. The maximum absolute atomic E-state index is 12.3. The molecule has 0 radical (unpaired) electrons. The molecule has 0 saturated heterocycles. The average molecular weight is 285 g/mol. The Balaban J connectivity index is 2.05. The number of carbonyl (C=O) groups excluding carboxylic acids is 1. The van der Waals surface area contributed by atoms with Crippen LogP contribution in [0.15, 0.2) is 18.2 Å². The number of benzene rings is 1. The number of amides is 1. The number of hydrogen-bond acceptors (Lipinski definition) is 2. The van der Waals surface area contributed by atoms with E-state index in [2.05, 4.69) is 31.0 Å². The van der Waals surface area contributed by atoms with Crippen LogP contribution in [0.4, 0.5) is 0 Å². The Kier molecular flexibility index (Phi) is 4.69. The number of aliphatic hydroxyl groups excluding tert-OH is 1. The van der Waals surface area contributed by atoms with Crippen molar-refractivity contribution in [2.75, 3.05) is 6.61 Å². The SMILES string of the molecule is Cc1cc(C(=O)NC2CCC(C)(C)C2)ccc1C#CCO. The molecule has 0 aliphatic heterocycles. The quantitative estimate of drug-likeness (QED) is 0.821. The van der Waals surface area contributed by atoms with Gasteiger partial charge in [0.1, 0.15) is 6.61 Å². The number of carbonyl (C=O) groups is 1. The molecule has 1 aliphatic rings. The molecule has 1 aromatic rings. The lowest BCUT2D eigenvalue weighted by molar-refractivity contribution is 0.0936. The second-order valence-corrected chi connectivity index (χ2v) is 6.57. The van der Waals surface area contributed by atoms with Crippen molar-refractivity contribution in [3.63, 3.8) is 0 Å². The number of nitrogens with one attached hydrogen (secondary N) is 1. The topological polar surface area (TPSA) is 49.3 Å². The molecule has 2 N–H and O–H groups in total. The van der Waals surface area contributed by atoms with Crippen molar-refractivity contribution in [3.8, 4) is 11.8 Å². The fourth-order valence-corrected chi connectivity index (χ4v) is 2.91. The van der Waals surface area contributed by atoms with E-state index in [9.17, 15) is 4.79 Å². The van der Waals surface area contributed by atoms with Crippen molar-refractivity contribution < 1.29 is 9.90 Å². The summed E-state index contributed by atoms with van der Waals surface area (Å²) in [6.45, 7) is 6.27. The molecule has 1 amide bonds. The van der Waals surface area contributed by atoms with Gasteiger partial charge in [-0.25, -0.2) is 0 Å². The van der Waals surface area contributed by atoms with Crippen LogP contribution in [-0.2, 0) is 0 Å². The molecule has 112 valence electrons. The van der Waals surface area contributed by atoms with Gasteiger partial charge in [-0.05, 0) is 55.4 Å². The standard InChI is InChI=1S/C18H23NO2/c1-13-11-15(7-6-14(13)5-4-10-20)17(21)19-16-8-9-18(2,3)12-16/h6-7,11,16,20H,8-10,12H2,1-3H3,(H,19,21). The maximum atomic E-state index is 12.3. The zero-order valence-electron chi connectivity index (χ0n) is 13.0. The van der Waals surface area contributed by atoms with Crippen LogP contribution in [0.25, 0.3) is 0 Å². The van der Waals surface area contributed by atoms with Crippen LogP contribution in [0.3, 0.4) is 0 Å². The van der Waals surface area contributed by atoms with Gasteiger partial charge in [-0.1, -0.05) is 25.7 Å². The van der Waals surface area contributed by atoms with Crippen LogP contribution in [0, 0.1) is 24.2 Å². The first-order chi connectivity index (χ1) is 9.91. The van der Waals surface area contributed by atoms with Crippen LogP contribution in [0.5, 0.6) is 0 Å². The Morgan fingerprint density at radius 1 is 1.48 bits per heavy atom. The zero-order valence-corrected chi connectivity index (χ0v) is 13.0. The minimum Gasteiger partial charge on any atom is -0.384 e. The fourth-order valence-electron chi connectivity index (χ4n) is 2.91. The highest BCUT2D eigenvalue weighted by Crippen LogP contribution is 2.36. The summed E-state index contributed by atoms with van der Waals surface area (Å²) >= 11 is 0. The van der Waals surface area contributed by atoms with E-state index < -0.39 is 0 Å². The zero-order chi connectivity index (χ0) is 15.5. The van der Waals surface area contributed by atoms with Crippen molar-refractivity contribution in [2.24, 2.45) is 5.41 Å². The first kappa shape index (κ1) is 15.6. The normalized spacial score (nSPS) is 19.7. The summed E-state index contributed by atoms with van der Waals surface area (Å²) < 4.78 is 0. The summed E-state index contributed by atoms with van der Waals surface area (Å²) in [6.07, 6.45) is 3.25. The minimum absolute atomic E-state index is 0.0116. The highest BCUT2D eigenvalue weighted by molar-refractivity contribution is 5.94. The van der Waals surface area contributed by atoms with Gasteiger partial charge in [0.2, 0.25) is 0 Å². The average Bonchev–Trinajstić information content (AvgIpc) is 2.76. The third-order valence-corrected chi connectivity index (χ3v) is 4.09. The Bertz CT molecular complexity index is 593. The molecule has 1 aromatic carbocycles. The molecule has 1 fully saturated rings. The molecule has 21 heavy (non-hydrogen) atoms. The van der Waals surface area contributed by atoms with Crippen LogP contribution in [0.2, 0.25) is 0 Å². The monoisotopic (exact) mass is 285 g/mol. The van der Waals surface area contributed by atoms with Gasteiger partial charge >= 0.3 is 0 Å². The van der Waals surface area contributed by atoms with Crippen LogP contribution < -0.4 is 5.32 Å². The van der Waals surface area contributed by atoms with Gasteiger partial charge in [-0.15, -0.1) is 0 Å². The van der Waals surface area contributed by atoms with E-state index in [4.69, 9.17) is 5.11 Å². The van der Waals surface area contributed by atoms with Crippen molar-refractivity contribution in [2.45, 2.75) is 46.1 Å². The second-order valence-electron chi connectivity index (χ2n) is 6.57. The largest absolute Gasteiger partial charge is 0.384 e. The number of hydrogen-bond donors (Lipinski definition) is 2. The summed E-state index contributed by atoms with van der Waals surface area (Å²) in [5.74, 6) is 5.50. The molecule has 0 spiro atoms. The molecular formula is C18H23NO2. The van der Waals surface area contributed by atoms with Gasteiger partial charge in [-0.2, -0.15) is 0 Å². The summed E-state index contributed by atoms with van der Waals surface area (Å²) in [4.78, 5) is 12.3. The third-order valence-electron chi connectivity index (χ3n) is 4.09. The molecule has 1 aliphatic carbocycles. The van der Waals surface area contributed by atoms with Gasteiger partial charge < -0.3 is 10.4 Å². The fraction of sp³-hybridized carbons (Fsp3) is 0.500. The van der Waals surface area contributed by atoms with Gasteiger partial charge in [0.25, 0.3) is 5.91 Å². The van der Waals surface area contributed by atoms with Crippen molar-refractivity contribution in [1.29, 1.82) is 0 Å². The van der Waals surface area contributed by atoms with Crippen molar-refractivity contribution in [1.82, 2.24) is 5.32 Å². The molecule has 1 saturated carbocycles. The lowest BCUT2D eigenvalue weighted by Crippen LogP contribution is -2.33. The number of aryl methyl sites for hydroxylation is 1. The predicted molar refractivity (Wildman–Crippen MR) is 84.0 cm³/mol. The lowest BCUT2D eigenvalue weighted by atomic mass is 9.92. The van der Waals surface area contributed by atoms with E-state index >= 15 is 0 Å². The van der Waals surface area contributed by atoms with E-state index in [1.807, 2.05) is 19.1 Å². The summed E-state index contributed by atoms with van der Waals surface area (Å²) in [7, 11) is 0. The van der Waals surface area contributed by atoms with Crippen molar-refractivity contribution in [3.05, 3.63) is 34.9 Å². The summed E-state index contributed by atoms with van der Waals surface area (Å²) in [5.41, 5.74) is 2.81. The number of aliphatic hydroxyl groups is 1. The predicted octanol–water partition coefficient (Wildman–Crippen LogP) is 2.65.